The largest absolute Gasteiger partial charge is 0.462 e. The van der Waals surface area contributed by atoms with Gasteiger partial charge in [0.2, 0.25) is 0 Å². The van der Waals surface area contributed by atoms with Crippen molar-refractivity contribution in [2.75, 3.05) is 13.2 Å². The van der Waals surface area contributed by atoms with E-state index in [1.54, 1.807) is 0 Å². The molecule has 6 nitrogen and oxygen atoms in total. The second-order valence-corrected chi connectivity index (χ2v) is 25.9. The van der Waals surface area contributed by atoms with Crippen LogP contribution in [0.3, 0.4) is 0 Å². The number of ether oxygens (including phenoxy) is 3. The molecule has 0 aromatic heterocycles. The fourth-order valence-electron chi connectivity index (χ4n) is 11.8. The van der Waals surface area contributed by atoms with Crippen LogP contribution >= 0.6 is 0 Å². The van der Waals surface area contributed by atoms with Gasteiger partial charge in [-0.15, -0.1) is 0 Å². The third kappa shape index (κ3) is 70.5. The van der Waals surface area contributed by atoms with Crippen molar-refractivity contribution in [3.8, 4) is 0 Å². The summed E-state index contributed by atoms with van der Waals surface area (Å²) in [4.78, 5) is 38.4. The van der Waals surface area contributed by atoms with Crippen molar-refractivity contribution < 1.29 is 28.6 Å². The molecule has 0 bridgehead atoms. The molecule has 0 aliphatic heterocycles. The van der Waals surface area contributed by atoms with Gasteiger partial charge >= 0.3 is 17.9 Å². The molecule has 83 heavy (non-hydrogen) atoms. The Morgan fingerprint density at radius 2 is 0.434 bits per heavy atom. The van der Waals surface area contributed by atoms with Crippen molar-refractivity contribution in [3.63, 3.8) is 0 Å². The van der Waals surface area contributed by atoms with Crippen molar-refractivity contribution in [3.05, 3.63) is 24.3 Å². The molecule has 0 saturated heterocycles. The van der Waals surface area contributed by atoms with Gasteiger partial charge in [-0.05, 0) is 51.4 Å². The summed E-state index contributed by atoms with van der Waals surface area (Å²) in [6, 6.07) is 0. The molecule has 1 atom stereocenters. The molecule has 0 N–H and O–H groups in total. The van der Waals surface area contributed by atoms with E-state index in [9.17, 15) is 14.4 Å². The molecule has 0 rings (SSSR count). The highest BCUT2D eigenvalue weighted by Crippen LogP contribution is 2.19. The van der Waals surface area contributed by atoms with Gasteiger partial charge in [0.15, 0.2) is 6.10 Å². The second-order valence-electron chi connectivity index (χ2n) is 25.9. The number of esters is 3. The van der Waals surface area contributed by atoms with Gasteiger partial charge in [-0.25, -0.2) is 0 Å². The SMILES string of the molecule is CCCCCCC/C=C\C/C=C\CCCCCCCCCCCCCCCCCCCCCCCCCC(=O)OCC(COC(=O)CCCCCCCCCCCCC)OC(=O)CCCCCCCCCCCCCCCCCCCCC. The van der Waals surface area contributed by atoms with Crippen molar-refractivity contribution in [2.24, 2.45) is 0 Å². The van der Waals surface area contributed by atoms with Gasteiger partial charge in [0.1, 0.15) is 13.2 Å². The number of hydrogen-bond acceptors (Lipinski definition) is 6. The van der Waals surface area contributed by atoms with Crippen LogP contribution in [0.1, 0.15) is 432 Å². The summed E-state index contributed by atoms with van der Waals surface area (Å²) < 4.78 is 17.0. The number of unbranched alkanes of at least 4 members (excludes halogenated alkanes) is 56. The lowest BCUT2D eigenvalue weighted by atomic mass is 10.0. The van der Waals surface area contributed by atoms with Crippen molar-refractivity contribution >= 4 is 17.9 Å². The molecular formula is C77H146O6. The molecule has 6 heteroatoms. The van der Waals surface area contributed by atoms with E-state index in [2.05, 4.69) is 45.1 Å². The van der Waals surface area contributed by atoms with Crippen LogP contribution in [0.15, 0.2) is 24.3 Å². The molecule has 490 valence electrons. The molecule has 0 spiro atoms. The first-order valence-electron chi connectivity index (χ1n) is 37.8. The smallest absolute Gasteiger partial charge is 0.306 e. The Morgan fingerprint density at radius 3 is 0.663 bits per heavy atom. The van der Waals surface area contributed by atoms with Crippen LogP contribution in [0.5, 0.6) is 0 Å². The predicted octanol–water partition coefficient (Wildman–Crippen LogP) is 26.1. The molecule has 0 radical (unpaired) electrons. The predicted molar refractivity (Wildman–Crippen MR) is 363 cm³/mol. The second kappa shape index (κ2) is 72.4. The monoisotopic (exact) mass is 1170 g/mol. The number of rotatable bonds is 71. The third-order valence-electron chi connectivity index (χ3n) is 17.5. The minimum absolute atomic E-state index is 0.0624. The standard InChI is InChI=1S/C77H146O6/c1-4-7-10-13-16-19-22-24-26-28-30-31-32-33-34-35-36-37-38-39-40-41-42-43-44-45-47-48-50-52-55-58-61-64-67-70-76(79)82-73-74(72-81-75(78)69-66-63-60-57-54-21-18-15-12-9-6-3)83-77(80)71-68-65-62-59-56-53-51-49-46-29-27-25-23-20-17-14-11-8-5-2/h22,24,28,30,74H,4-21,23,25-27,29,31-73H2,1-3H3/b24-22-,30-28-. The van der Waals surface area contributed by atoms with E-state index >= 15 is 0 Å². The first-order valence-corrected chi connectivity index (χ1v) is 37.8. The Morgan fingerprint density at radius 1 is 0.241 bits per heavy atom. The number of hydrogen-bond donors (Lipinski definition) is 0. The maximum Gasteiger partial charge on any atom is 0.306 e. The normalized spacial score (nSPS) is 12.1. The van der Waals surface area contributed by atoms with Gasteiger partial charge in [-0.1, -0.05) is 385 Å². The fraction of sp³-hybridized carbons (Fsp3) is 0.909. The van der Waals surface area contributed by atoms with Crippen LogP contribution in [-0.2, 0) is 28.6 Å². The van der Waals surface area contributed by atoms with E-state index < -0.39 is 6.10 Å². The van der Waals surface area contributed by atoms with Crippen LogP contribution in [-0.4, -0.2) is 37.2 Å². The van der Waals surface area contributed by atoms with Gasteiger partial charge in [0.25, 0.3) is 0 Å². The van der Waals surface area contributed by atoms with E-state index in [0.717, 1.165) is 64.2 Å². The quantitative estimate of drug-likeness (QED) is 0.0261. The molecule has 0 aromatic carbocycles. The third-order valence-corrected chi connectivity index (χ3v) is 17.5. The number of allylic oxidation sites excluding steroid dienone is 4. The zero-order chi connectivity index (χ0) is 59.9. The highest BCUT2D eigenvalue weighted by molar-refractivity contribution is 5.71. The zero-order valence-corrected chi connectivity index (χ0v) is 56.5. The van der Waals surface area contributed by atoms with E-state index in [-0.39, 0.29) is 31.1 Å². The molecule has 0 saturated carbocycles. The molecule has 1 unspecified atom stereocenters. The first kappa shape index (κ1) is 80.9. The van der Waals surface area contributed by atoms with E-state index in [1.165, 1.54) is 327 Å². The van der Waals surface area contributed by atoms with Gasteiger partial charge in [0.05, 0.1) is 0 Å². The Labute approximate surface area is 519 Å². The van der Waals surface area contributed by atoms with Crippen LogP contribution < -0.4 is 0 Å². The molecule has 0 aliphatic carbocycles. The Hall–Kier alpha value is -2.11. The lowest BCUT2D eigenvalue weighted by Crippen LogP contribution is -2.30. The topological polar surface area (TPSA) is 78.9 Å². The van der Waals surface area contributed by atoms with Crippen molar-refractivity contribution in [1.29, 1.82) is 0 Å². The summed E-state index contributed by atoms with van der Waals surface area (Å²) in [5.41, 5.74) is 0. The summed E-state index contributed by atoms with van der Waals surface area (Å²) in [6.07, 6.45) is 89.6. The van der Waals surface area contributed by atoms with Gasteiger partial charge in [0, 0.05) is 19.3 Å². The van der Waals surface area contributed by atoms with Crippen LogP contribution in [0, 0.1) is 0 Å². The lowest BCUT2D eigenvalue weighted by molar-refractivity contribution is -0.167. The average Bonchev–Trinajstić information content (AvgIpc) is 3.48. The summed E-state index contributed by atoms with van der Waals surface area (Å²) in [5, 5.41) is 0. The first-order chi connectivity index (χ1) is 41.0. The lowest BCUT2D eigenvalue weighted by Gasteiger charge is -2.18. The van der Waals surface area contributed by atoms with Crippen LogP contribution in [0.4, 0.5) is 0 Å². The van der Waals surface area contributed by atoms with Gasteiger partial charge in [-0.3, -0.25) is 14.4 Å². The number of carbonyl (C=O) groups is 3. The summed E-state index contributed by atoms with van der Waals surface area (Å²) in [7, 11) is 0. The maximum absolute atomic E-state index is 12.9. The Bertz CT molecular complexity index is 1340. The van der Waals surface area contributed by atoms with Gasteiger partial charge in [-0.2, -0.15) is 0 Å². The van der Waals surface area contributed by atoms with Crippen molar-refractivity contribution in [2.45, 2.75) is 438 Å². The highest BCUT2D eigenvalue weighted by atomic mass is 16.6. The summed E-state index contributed by atoms with van der Waals surface area (Å²) in [6.45, 7) is 6.71. The van der Waals surface area contributed by atoms with E-state index in [1.807, 2.05) is 0 Å². The highest BCUT2D eigenvalue weighted by Gasteiger charge is 2.20. The van der Waals surface area contributed by atoms with Gasteiger partial charge < -0.3 is 14.2 Å². The minimum Gasteiger partial charge on any atom is -0.462 e. The van der Waals surface area contributed by atoms with Crippen molar-refractivity contribution in [1.82, 2.24) is 0 Å². The Balaban J connectivity index is 4.03. The molecular weight excluding hydrogens is 1020 g/mol. The minimum atomic E-state index is -0.765. The zero-order valence-electron chi connectivity index (χ0n) is 56.5. The van der Waals surface area contributed by atoms with E-state index in [4.69, 9.17) is 14.2 Å². The molecule has 0 aromatic rings. The molecule has 0 fully saturated rings. The number of carbonyl (C=O) groups excluding carboxylic acids is 3. The molecule has 0 heterocycles. The van der Waals surface area contributed by atoms with Crippen LogP contribution in [0.2, 0.25) is 0 Å². The summed E-state index contributed by atoms with van der Waals surface area (Å²) in [5.74, 6) is -0.827. The van der Waals surface area contributed by atoms with Crippen LogP contribution in [0.25, 0.3) is 0 Å². The molecule has 0 aliphatic rings. The Kier molecular flexibility index (Phi) is 70.5. The summed E-state index contributed by atoms with van der Waals surface area (Å²) >= 11 is 0. The van der Waals surface area contributed by atoms with E-state index in [0.29, 0.717) is 19.3 Å². The fourth-order valence-corrected chi connectivity index (χ4v) is 11.8. The molecule has 0 amide bonds. The average molecular weight is 1170 g/mol. The maximum atomic E-state index is 12.9.